The summed E-state index contributed by atoms with van der Waals surface area (Å²) in [6, 6.07) is 18.9. The third kappa shape index (κ3) is 7.92. The zero-order valence-corrected chi connectivity index (χ0v) is 24.7. The van der Waals surface area contributed by atoms with Crippen LogP contribution in [-0.2, 0) is 41.4 Å². The van der Waals surface area contributed by atoms with E-state index in [1.165, 1.54) is 36.5 Å². The molecule has 39 heavy (non-hydrogen) atoms. The maximum atomic E-state index is 14.8. The van der Waals surface area contributed by atoms with Gasteiger partial charge in [-0.3, -0.25) is 9.62 Å². The van der Waals surface area contributed by atoms with Crippen molar-refractivity contribution >= 4 is 15.7 Å². The Morgan fingerprint density at radius 1 is 0.872 bits per heavy atom. The summed E-state index contributed by atoms with van der Waals surface area (Å²) in [6.45, 7) is 11.3. The van der Waals surface area contributed by atoms with Crippen LogP contribution in [0.25, 0.3) is 0 Å². The van der Waals surface area contributed by atoms with Crippen molar-refractivity contribution in [1.82, 2.24) is 4.90 Å². The average molecular weight is 551 g/mol. The van der Waals surface area contributed by atoms with Gasteiger partial charge in [0.1, 0.15) is 5.82 Å². The first-order valence-corrected chi connectivity index (χ1v) is 15.8. The minimum Gasteiger partial charge on any atom is -0.294 e. The first kappa shape index (κ1) is 29.3. The number of rotatable bonds is 11. The fourth-order valence-electron chi connectivity index (χ4n) is 5.19. The SMILES string of the molecule is CCCCCCCc1ccc(NS(=O)(=O)c2ccc3c(c2)CCN(Cc2ccc(C(C)(C)C)cc2)C3)c(F)c1. The number of nitrogens with one attached hydrogen (secondary N) is 1. The van der Waals surface area contributed by atoms with Crippen LogP contribution in [-0.4, -0.2) is 19.9 Å². The van der Waals surface area contributed by atoms with Crippen LogP contribution in [0.1, 0.15) is 87.6 Å². The average Bonchev–Trinajstić information content (AvgIpc) is 2.89. The van der Waals surface area contributed by atoms with Crippen molar-refractivity contribution in [3.8, 4) is 0 Å². The summed E-state index contributed by atoms with van der Waals surface area (Å²) in [5.41, 5.74) is 5.81. The van der Waals surface area contributed by atoms with Crippen molar-refractivity contribution in [3.63, 3.8) is 0 Å². The summed E-state index contributed by atoms with van der Waals surface area (Å²) in [6.07, 6.45) is 7.34. The van der Waals surface area contributed by atoms with Crippen LogP contribution >= 0.6 is 0 Å². The molecule has 1 aliphatic rings. The van der Waals surface area contributed by atoms with E-state index >= 15 is 0 Å². The molecule has 0 aromatic heterocycles. The molecule has 4 rings (SSSR count). The molecule has 0 atom stereocenters. The molecule has 0 radical (unpaired) electrons. The molecule has 0 amide bonds. The van der Waals surface area contributed by atoms with Gasteiger partial charge in [-0.1, -0.05) is 89.8 Å². The highest BCUT2D eigenvalue weighted by Crippen LogP contribution is 2.27. The molecule has 4 nitrogen and oxygen atoms in total. The maximum Gasteiger partial charge on any atom is 0.261 e. The summed E-state index contributed by atoms with van der Waals surface area (Å²) in [5, 5.41) is 0. The Morgan fingerprint density at radius 3 is 2.28 bits per heavy atom. The number of nitrogens with zero attached hydrogens (tertiary/aromatic N) is 1. The van der Waals surface area contributed by atoms with Crippen molar-refractivity contribution in [3.05, 3.63) is 94.3 Å². The summed E-state index contributed by atoms with van der Waals surface area (Å²) >= 11 is 0. The van der Waals surface area contributed by atoms with Crippen LogP contribution in [0.5, 0.6) is 0 Å². The third-order valence-corrected chi connectivity index (χ3v) is 9.02. The second-order valence-electron chi connectivity index (χ2n) is 11.9. The number of benzene rings is 3. The van der Waals surface area contributed by atoms with Crippen molar-refractivity contribution < 1.29 is 12.8 Å². The monoisotopic (exact) mass is 550 g/mol. The van der Waals surface area contributed by atoms with E-state index in [-0.39, 0.29) is 16.0 Å². The number of unbranched alkanes of at least 4 members (excludes halogenated alkanes) is 4. The normalized spacial score (nSPS) is 14.3. The highest BCUT2D eigenvalue weighted by atomic mass is 32.2. The smallest absolute Gasteiger partial charge is 0.261 e. The van der Waals surface area contributed by atoms with Crippen molar-refractivity contribution in [2.75, 3.05) is 11.3 Å². The van der Waals surface area contributed by atoms with Gasteiger partial charge in [-0.2, -0.15) is 0 Å². The lowest BCUT2D eigenvalue weighted by Crippen LogP contribution is -2.30. The molecule has 6 heteroatoms. The number of halogens is 1. The van der Waals surface area contributed by atoms with Crippen molar-refractivity contribution in [2.45, 2.75) is 96.0 Å². The number of hydrogen-bond acceptors (Lipinski definition) is 3. The lowest BCUT2D eigenvalue weighted by atomic mass is 9.86. The number of hydrogen-bond donors (Lipinski definition) is 1. The standard InChI is InChI=1S/C33H43FN2O2S/c1-5-6-7-8-9-10-25-13-18-32(31(34)21-25)35-39(37,38)30-17-14-28-24-36(20-19-27(28)22-30)23-26-11-15-29(16-12-26)33(2,3)4/h11-18,21-22,35H,5-10,19-20,23-24H2,1-4H3. The molecule has 210 valence electrons. The molecule has 0 spiro atoms. The highest BCUT2D eigenvalue weighted by Gasteiger charge is 2.22. The van der Waals surface area contributed by atoms with E-state index in [9.17, 15) is 12.8 Å². The first-order chi connectivity index (χ1) is 18.5. The third-order valence-electron chi connectivity index (χ3n) is 7.65. The van der Waals surface area contributed by atoms with Gasteiger partial charge in [-0.25, -0.2) is 12.8 Å². The Balaban J connectivity index is 1.37. The van der Waals surface area contributed by atoms with E-state index in [1.54, 1.807) is 18.2 Å². The van der Waals surface area contributed by atoms with E-state index in [0.29, 0.717) is 0 Å². The van der Waals surface area contributed by atoms with Gasteiger partial charge in [0.15, 0.2) is 0 Å². The fourth-order valence-corrected chi connectivity index (χ4v) is 6.31. The molecule has 3 aromatic carbocycles. The second-order valence-corrected chi connectivity index (χ2v) is 13.6. The Labute approximate surface area is 234 Å². The van der Waals surface area contributed by atoms with Crippen LogP contribution in [0.15, 0.2) is 65.6 Å². The van der Waals surface area contributed by atoms with Gasteiger partial charge in [0.25, 0.3) is 10.0 Å². The molecule has 1 heterocycles. The Bertz CT molecular complexity index is 1360. The molecular weight excluding hydrogens is 507 g/mol. The molecule has 0 aliphatic carbocycles. The fraction of sp³-hybridized carbons (Fsp3) is 0.455. The Morgan fingerprint density at radius 2 is 1.59 bits per heavy atom. The summed E-state index contributed by atoms with van der Waals surface area (Å²) in [4.78, 5) is 2.56. The van der Waals surface area contributed by atoms with Crippen molar-refractivity contribution in [1.29, 1.82) is 0 Å². The van der Waals surface area contributed by atoms with E-state index in [4.69, 9.17) is 0 Å². The van der Waals surface area contributed by atoms with Crippen LogP contribution in [0.2, 0.25) is 0 Å². The van der Waals surface area contributed by atoms with Crippen LogP contribution < -0.4 is 4.72 Å². The summed E-state index contributed by atoms with van der Waals surface area (Å²) < 4.78 is 43.5. The van der Waals surface area contributed by atoms with Crippen LogP contribution in [0.3, 0.4) is 0 Å². The lowest BCUT2D eigenvalue weighted by Gasteiger charge is -2.29. The van der Waals surface area contributed by atoms with Crippen LogP contribution in [0.4, 0.5) is 10.1 Å². The van der Waals surface area contributed by atoms with Gasteiger partial charge in [0.05, 0.1) is 10.6 Å². The molecule has 0 saturated carbocycles. The van der Waals surface area contributed by atoms with Gasteiger partial charge in [0.2, 0.25) is 0 Å². The van der Waals surface area contributed by atoms with E-state index in [2.05, 4.69) is 61.6 Å². The number of fused-ring (bicyclic) bond motifs is 1. The molecule has 1 aliphatic heterocycles. The minimum absolute atomic E-state index is 0.00823. The highest BCUT2D eigenvalue weighted by molar-refractivity contribution is 7.92. The number of sulfonamides is 1. The zero-order valence-electron chi connectivity index (χ0n) is 23.9. The van der Waals surface area contributed by atoms with E-state index in [0.717, 1.165) is 62.0 Å². The molecule has 3 aromatic rings. The minimum atomic E-state index is -3.89. The predicted molar refractivity (Wildman–Crippen MR) is 159 cm³/mol. The van der Waals surface area contributed by atoms with Crippen LogP contribution in [0, 0.1) is 5.82 Å². The van der Waals surface area contributed by atoms with E-state index < -0.39 is 15.8 Å². The van der Waals surface area contributed by atoms with Gasteiger partial charge in [-0.05, 0) is 76.8 Å². The molecule has 0 saturated heterocycles. The van der Waals surface area contributed by atoms with E-state index in [1.807, 2.05) is 12.1 Å². The largest absolute Gasteiger partial charge is 0.294 e. The molecule has 1 N–H and O–H groups in total. The number of anilines is 1. The lowest BCUT2D eigenvalue weighted by molar-refractivity contribution is 0.245. The summed E-state index contributed by atoms with van der Waals surface area (Å²) in [5.74, 6) is -0.534. The molecular formula is C33H43FN2O2S. The Kier molecular flexibility index (Phi) is 9.50. The van der Waals surface area contributed by atoms with Gasteiger partial charge in [0, 0.05) is 19.6 Å². The van der Waals surface area contributed by atoms with Gasteiger partial charge >= 0.3 is 0 Å². The Hall–Kier alpha value is -2.70. The zero-order chi connectivity index (χ0) is 28.0. The predicted octanol–water partition coefficient (Wildman–Crippen LogP) is 8.00. The number of aryl methyl sites for hydroxylation is 1. The maximum absolute atomic E-state index is 14.8. The molecule has 0 unspecified atom stereocenters. The topological polar surface area (TPSA) is 49.4 Å². The molecule has 0 fully saturated rings. The van der Waals surface area contributed by atoms with Crippen molar-refractivity contribution in [2.24, 2.45) is 0 Å². The molecule has 0 bridgehead atoms. The van der Waals surface area contributed by atoms with Gasteiger partial charge < -0.3 is 0 Å². The second kappa shape index (κ2) is 12.6. The van der Waals surface area contributed by atoms with Gasteiger partial charge in [-0.15, -0.1) is 0 Å². The first-order valence-electron chi connectivity index (χ1n) is 14.3. The quantitative estimate of drug-likeness (QED) is 0.246. The summed E-state index contributed by atoms with van der Waals surface area (Å²) in [7, 11) is -3.89.